The molecule has 1 aromatic carbocycles. The maximum atomic E-state index is 11.5. The predicted octanol–water partition coefficient (Wildman–Crippen LogP) is 1.36. The van der Waals surface area contributed by atoms with Crippen LogP contribution in [0.3, 0.4) is 0 Å². The van der Waals surface area contributed by atoms with Crippen LogP contribution in [-0.2, 0) is 22.5 Å². The molecule has 4 nitrogen and oxygen atoms in total. The average Bonchev–Trinajstić information content (AvgIpc) is 2.75. The Kier molecular flexibility index (Phi) is 2.37. The lowest BCUT2D eigenvalue weighted by Gasteiger charge is -2.21. The van der Waals surface area contributed by atoms with Crippen LogP contribution in [-0.4, -0.2) is 24.1 Å². The van der Waals surface area contributed by atoms with Crippen LogP contribution in [0.25, 0.3) is 10.9 Å². The Hall–Kier alpha value is -1.81. The number of hydrogen-bond acceptors (Lipinski definition) is 3. The lowest BCUT2D eigenvalue weighted by molar-refractivity contribution is -0.143. The summed E-state index contributed by atoms with van der Waals surface area (Å²) in [5.74, 6) is -0.194. The highest BCUT2D eigenvalue weighted by Crippen LogP contribution is 2.26. The van der Waals surface area contributed by atoms with Crippen molar-refractivity contribution < 1.29 is 9.53 Å². The van der Waals surface area contributed by atoms with E-state index < -0.39 is 0 Å². The molecule has 2 heterocycles. The van der Waals surface area contributed by atoms with Crippen molar-refractivity contribution in [3.8, 4) is 0 Å². The molecule has 1 atom stereocenters. The standard InChI is InChI=1S/C13H14N2O2/c1-17-13(16)11-6-9-8-4-2-3-5-10(8)15-12(9)7-14-11/h2-5,11,14-15H,6-7H2,1H3/t11-/m1/s1. The fourth-order valence-electron chi connectivity index (χ4n) is 2.45. The zero-order valence-electron chi connectivity index (χ0n) is 9.62. The van der Waals surface area contributed by atoms with E-state index in [2.05, 4.69) is 22.4 Å². The number of rotatable bonds is 1. The molecule has 0 radical (unpaired) electrons. The summed E-state index contributed by atoms with van der Waals surface area (Å²) < 4.78 is 4.78. The van der Waals surface area contributed by atoms with Gasteiger partial charge >= 0.3 is 5.97 Å². The molecular formula is C13H14N2O2. The molecule has 0 fully saturated rings. The lowest BCUT2D eigenvalue weighted by atomic mass is 9.99. The van der Waals surface area contributed by atoms with Gasteiger partial charge in [0.05, 0.1) is 7.11 Å². The molecule has 0 amide bonds. The third-order valence-corrected chi connectivity index (χ3v) is 3.32. The van der Waals surface area contributed by atoms with E-state index in [1.54, 1.807) is 0 Å². The third kappa shape index (κ3) is 1.61. The van der Waals surface area contributed by atoms with Gasteiger partial charge < -0.3 is 9.72 Å². The number of H-pyrrole nitrogens is 1. The van der Waals surface area contributed by atoms with Gasteiger partial charge in [0.25, 0.3) is 0 Å². The van der Waals surface area contributed by atoms with E-state index in [-0.39, 0.29) is 12.0 Å². The van der Waals surface area contributed by atoms with E-state index in [0.29, 0.717) is 13.0 Å². The van der Waals surface area contributed by atoms with Gasteiger partial charge in [0.1, 0.15) is 6.04 Å². The topological polar surface area (TPSA) is 54.1 Å². The van der Waals surface area contributed by atoms with Gasteiger partial charge in [-0.3, -0.25) is 10.1 Å². The van der Waals surface area contributed by atoms with Gasteiger partial charge in [0.15, 0.2) is 0 Å². The summed E-state index contributed by atoms with van der Waals surface area (Å²) in [6.45, 7) is 0.684. The smallest absolute Gasteiger partial charge is 0.323 e. The van der Waals surface area contributed by atoms with E-state index in [0.717, 1.165) is 5.52 Å². The first-order valence-electron chi connectivity index (χ1n) is 5.69. The molecule has 2 aromatic rings. The summed E-state index contributed by atoms with van der Waals surface area (Å²) in [6.07, 6.45) is 0.687. The molecular weight excluding hydrogens is 216 g/mol. The number of benzene rings is 1. The van der Waals surface area contributed by atoms with Crippen LogP contribution < -0.4 is 5.32 Å². The van der Waals surface area contributed by atoms with Crippen LogP contribution in [0.2, 0.25) is 0 Å². The normalized spacial score (nSPS) is 19.0. The highest BCUT2D eigenvalue weighted by molar-refractivity contribution is 5.86. The second-order valence-electron chi connectivity index (χ2n) is 4.29. The van der Waals surface area contributed by atoms with Gasteiger partial charge in [0.2, 0.25) is 0 Å². The van der Waals surface area contributed by atoms with Crippen LogP contribution in [0.1, 0.15) is 11.3 Å². The van der Waals surface area contributed by atoms with Gasteiger partial charge in [-0.2, -0.15) is 0 Å². The summed E-state index contributed by atoms with van der Waals surface area (Å²) in [5, 5.41) is 4.39. The number of ether oxygens (including phenoxy) is 1. The van der Waals surface area contributed by atoms with Gasteiger partial charge in [-0.25, -0.2) is 0 Å². The maximum absolute atomic E-state index is 11.5. The number of para-hydroxylation sites is 1. The molecule has 1 aliphatic heterocycles. The largest absolute Gasteiger partial charge is 0.468 e. The summed E-state index contributed by atoms with van der Waals surface area (Å²) in [7, 11) is 1.43. The van der Waals surface area contributed by atoms with Crippen molar-refractivity contribution in [3.05, 3.63) is 35.5 Å². The Balaban J connectivity index is 2.03. The summed E-state index contributed by atoms with van der Waals surface area (Å²) in [6, 6.07) is 7.94. The number of methoxy groups -OCH3 is 1. The highest BCUT2D eigenvalue weighted by Gasteiger charge is 2.27. The van der Waals surface area contributed by atoms with Crippen LogP contribution >= 0.6 is 0 Å². The zero-order valence-corrected chi connectivity index (χ0v) is 9.62. The van der Waals surface area contributed by atoms with Crippen molar-refractivity contribution in [1.29, 1.82) is 0 Å². The van der Waals surface area contributed by atoms with Crippen molar-refractivity contribution >= 4 is 16.9 Å². The molecule has 17 heavy (non-hydrogen) atoms. The maximum Gasteiger partial charge on any atom is 0.323 e. The Labute approximate surface area is 99.0 Å². The summed E-state index contributed by atoms with van der Waals surface area (Å²) in [4.78, 5) is 14.9. The van der Waals surface area contributed by atoms with Gasteiger partial charge in [-0.15, -0.1) is 0 Å². The first-order chi connectivity index (χ1) is 8.29. The molecule has 0 saturated heterocycles. The first kappa shape index (κ1) is 10.4. The zero-order chi connectivity index (χ0) is 11.8. The number of carbonyl (C=O) groups excluding carboxylic acids is 1. The minimum atomic E-state index is -0.230. The SMILES string of the molecule is COC(=O)[C@H]1Cc2c([nH]c3ccccc23)CN1. The van der Waals surface area contributed by atoms with Gasteiger partial charge in [-0.05, 0) is 11.6 Å². The molecule has 0 aliphatic carbocycles. The fraction of sp³-hybridized carbons (Fsp3) is 0.308. The Bertz CT molecular complexity index is 574. The Morgan fingerprint density at radius 2 is 2.24 bits per heavy atom. The second-order valence-corrected chi connectivity index (χ2v) is 4.29. The second kappa shape index (κ2) is 3.89. The van der Waals surface area contributed by atoms with Crippen molar-refractivity contribution in [3.63, 3.8) is 0 Å². The van der Waals surface area contributed by atoms with Crippen molar-refractivity contribution in [2.45, 2.75) is 19.0 Å². The highest BCUT2D eigenvalue weighted by atomic mass is 16.5. The fourth-order valence-corrected chi connectivity index (χ4v) is 2.45. The number of aromatic nitrogens is 1. The molecule has 0 spiro atoms. The molecule has 0 saturated carbocycles. The van der Waals surface area contributed by atoms with Crippen LogP contribution in [0, 0.1) is 0 Å². The molecule has 1 aliphatic rings. The molecule has 1 aromatic heterocycles. The predicted molar refractivity (Wildman–Crippen MR) is 64.6 cm³/mol. The lowest BCUT2D eigenvalue weighted by Crippen LogP contribution is -2.42. The number of hydrogen-bond donors (Lipinski definition) is 2. The van der Waals surface area contributed by atoms with E-state index in [1.807, 2.05) is 12.1 Å². The minimum absolute atomic E-state index is 0.194. The molecule has 3 rings (SSSR count). The van der Waals surface area contributed by atoms with Crippen LogP contribution in [0.4, 0.5) is 0 Å². The first-order valence-corrected chi connectivity index (χ1v) is 5.69. The molecule has 4 heteroatoms. The summed E-state index contributed by atoms with van der Waals surface area (Å²) >= 11 is 0. The van der Waals surface area contributed by atoms with Gasteiger partial charge in [-0.1, -0.05) is 18.2 Å². The number of fused-ring (bicyclic) bond motifs is 3. The number of aromatic amines is 1. The number of esters is 1. The van der Waals surface area contributed by atoms with Crippen molar-refractivity contribution in [1.82, 2.24) is 10.3 Å². The van der Waals surface area contributed by atoms with Crippen LogP contribution in [0.15, 0.2) is 24.3 Å². The third-order valence-electron chi connectivity index (χ3n) is 3.32. The molecule has 88 valence electrons. The van der Waals surface area contributed by atoms with Crippen molar-refractivity contribution in [2.24, 2.45) is 0 Å². The average molecular weight is 230 g/mol. The van der Waals surface area contributed by atoms with E-state index in [1.165, 1.54) is 23.8 Å². The van der Waals surface area contributed by atoms with Gasteiger partial charge in [0, 0.05) is 29.6 Å². The Morgan fingerprint density at radius 1 is 1.41 bits per heavy atom. The Morgan fingerprint density at radius 3 is 3.06 bits per heavy atom. The quantitative estimate of drug-likeness (QED) is 0.727. The van der Waals surface area contributed by atoms with E-state index >= 15 is 0 Å². The van der Waals surface area contributed by atoms with E-state index in [4.69, 9.17) is 4.74 Å². The van der Waals surface area contributed by atoms with E-state index in [9.17, 15) is 4.79 Å². The summed E-state index contributed by atoms with van der Waals surface area (Å²) in [5.41, 5.74) is 3.53. The number of nitrogens with one attached hydrogen (secondary N) is 2. The minimum Gasteiger partial charge on any atom is -0.468 e. The number of carbonyl (C=O) groups is 1. The van der Waals surface area contributed by atoms with Crippen molar-refractivity contribution in [2.75, 3.05) is 7.11 Å². The molecule has 0 unspecified atom stereocenters. The van der Waals surface area contributed by atoms with Crippen LogP contribution in [0.5, 0.6) is 0 Å². The molecule has 2 N–H and O–H groups in total. The molecule has 0 bridgehead atoms. The monoisotopic (exact) mass is 230 g/mol.